The number of likely N-dealkylation sites (tertiary alicyclic amines) is 1. The molecule has 0 bridgehead atoms. The van der Waals surface area contributed by atoms with E-state index in [0.29, 0.717) is 32.5 Å². The number of nitrogens with two attached hydrogens (primary N) is 1. The SMILES string of the molecule is CCN(CC1CCC(C(F)(F)F)CC1)c1ncnc(NC[C@]2(O)CCN(CC(N)=O)C[C@H]2O)c1F. The van der Waals surface area contributed by atoms with Gasteiger partial charge in [-0.05, 0) is 44.9 Å². The summed E-state index contributed by atoms with van der Waals surface area (Å²) in [6.07, 6.45) is -3.08. The standard InChI is InChI=1S/C22H34F4N6O3/c1-2-32(9-14-3-5-15(6-4-14)22(24,25)26)20-18(23)19(29-13-30-20)28-12-21(35)7-8-31(10-16(21)33)11-17(27)34/h13-16,33,35H,2-12H2,1H3,(H2,27,34)(H,28,29,30)/t14?,15?,16-,21-/m1/s1. The Bertz CT molecular complexity index is 868. The number of rotatable bonds is 9. The molecule has 0 spiro atoms. The number of anilines is 2. The number of halogens is 4. The molecule has 35 heavy (non-hydrogen) atoms. The van der Waals surface area contributed by atoms with Gasteiger partial charge in [0.25, 0.3) is 0 Å². The van der Waals surface area contributed by atoms with Crippen LogP contribution in [0.4, 0.5) is 29.2 Å². The molecule has 1 aliphatic heterocycles. The first-order valence-corrected chi connectivity index (χ1v) is 11.9. The smallest absolute Gasteiger partial charge is 0.389 e. The van der Waals surface area contributed by atoms with Crippen LogP contribution in [0.15, 0.2) is 6.33 Å². The summed E-state index contributed by atoms with van der Waals surface area (Å²) in [5.74, 6) is -2.65. The first kappa shape index (κ1) is 27.3. The zero-order valence-electron chi connectivity index (χ0n) is 19.8. The third kappa shape index (κ3) is 6.91. The van der Waals surface area contributed by atoms with Crippen LogP contribution in [0, 0.1) is 17.7 Å². The van der Waals surface area contributed by atoms with Crippen molar-refractivity contribution in [2.75, 3.05) is 49.5 Å². The molecule has 2 aliphatic rings. The molecule has 1 saturated heterocycles. The zero-order valence-corrected chi connectivity index (χ0v) is 19.8. The van der Waals surface area contributed by atoms with Crippen LogP contribution >= 0.6 is 0 Å². The van der Waals surface area contributed by atoms with Crippen molar-refractivity contribution in [1.29, 1.82) is 0 Å². The van der Waals surface area contributed by atoms with Gasteiger partial charge in [0.15, 0.2) is 11.6 Å². The lowest BCUT2D eigenvalue weighted by molar-refractivity contribution is -0.183. The summed E-state index contributed by atoms with van der Waals surface area (Å²) in [6, 6.07) is 0. The van der Waals surface area contributed by atoms with Crippen LogP contribution in [-0.2, 0) is 4.79 Å². The highest BCUT2D eigenvalue weighted by Gasteiger charge is 2.42. The number of alkyl halides is 3. The number of primary amides is 1. The minimum atomic E-state index is -4.18. The van der Waals surface area contributed by atoms with Crippen LogP contribution in [0.2, 0.25) is 0 Å². The summed E-state index contributed by atoms with van der Waals surface area (Å²) in [7, 11) is 0. The first-order valence-electron chi connectivity index (χ1n) is 11.9. The van der Waals surface area contributed by atoms with Crippen LogP contribution < -0.4 is 16.0 Å². The fourth-order valence-corrected chi connectivity index (χ4v) is 4.88. The Morgan fingerprint density at radius 3 is 2.57 bits per heavy atom. The molecule has 1 aromatic heterocycles. The van der Waals surface area contributed by atoms with Gasteiger partial charge in [-0.15, -0.1) is 0 Å². The number of aromatic nitrogens is 2. The fraction of sp³-hybridized carbons (Fsp3) is 0.773. The number of aliphatic hydroxyl groups excluding tert-OH is 1. The van der Waals surface area contributed by atoms with Gasteiger partial charge in [0.05, 0.1) is 18.6 Å². The van der Waals surface area contributed by atoms with Crippen LogP contribution in [0.5, 0.6) is 0 Å². The Balaban J connectivity index is 1.61. The lowest BCUT2D eigenvalue weighted by atomic mass is 9.81. The van der Waals surface area contributed by atoms with Crippen molar-refractivity contribution in [3.63, 3.8) is 0 Å². The highest BCUT2D eigenvalue weighted by molar-refractivity contribution is 5.75. The average molecular weight is 507 g/mol. The van der Waals surface area contributed by atoms with E-state index in [2.05, 4.69) is 15.3 Å². The van der Waals surface area contributed by atoms with E-state index in [4.69, 9.17) is 5.73 Å². The van der Waals surface area contributed by atoms with Gasteiger partial charge in [0.1, 0.15) is 11.9 Å². The molecule has 1 saturated carbocycles. The Labute approximate surface area is 201 Å². The molecule has 2 fully saturated rings. The largest absolute Gasteiger partial charge is 0.391 e. The predicted octanol–water partition coefficient (Wildman–Crippen LogP) is 1.51. The molecule has 3 rings (SSSR count). The molecule has 0 aromatic carbocycles. The minimum Gasteiger partial charge on any atom is -0.389 e. The van der Waals surface area contributed by atoms with Crippen molar-refractivity contribution in [1.82, 2.24) is 14.9 Å². The summed E-state index contributed by atoms with van der Waals surface area (Å²) in [4.78, 5) is 22.4. The molecule has 198 valence electrons. The van der Waals surface area contributed by atoms with E-state index in [1.54, 1.807) is 9.80 Å². The molecular formula is C22H34F4N6O3. The summed E-state index contributed by atoms with van der Waals surface area (Å²) in [6.45, 7) is 2.76. The molecule has 5 N–H and O–H groups in total. The third-order valence-electron chi connectivity index (χ3n) is 7.09. The predicted molar refractivity (Wildman–Crippen MR) is 121 cm³/mol. The summed E-state index contributed by atoms with van der Waals surface area (Å²) >= 11 is 0. The Morgan fingerprint density at radius 1 is 1.31 bits per heavy atom. The lowest BCUT2D eigenvalue weighted by Crippen LogP contribution is -2.59. The Hall–Kier alpha value is -2.25. The van der Waals surface area contributed by atoms with Crippen LogP contribution in [-0.4, -0.2) is 88.1 Å². The van der Waals surface area contributed by atoms with Crippen LogP contribution in [0.25, 0.3) is 0 Å². The number of hydrogen-bond acceptors (Lipinski definition) is 8. The van der Waals surface area contributed by atoms with E-state index in [9.17, 15) is 28.2 Å². The number of amides is 1. The van der Waals surface area contributed by atoms with Crippen molar-refractivity contribution in [2.24, 2.45) is 17.6 Å². The van der Waals surface area contributed by atoms with E-state index < -0.39 is 35.5 Å². The van der Waals surface area contributed by atoms with Gasteiger partial charge < -0.3 is 26.2 Å². The van der Waals surface area contributed by atoms with Gasteiger partial charge >= 0.3 is 6.18 Å². The number of aliphatic hydroxyl groups is 2. The van der Waals surface area contributed by atoms with Crippen molar-refractivity contribution in [2.45, 2.75) is 56.9 Å². The summed E-state index contributed by atoms with van der Waals surface area (Å²) < 4.78 is 54.1. The second-order valence-corrected chi connectivity index (χ2v) is 9.58. The van der Waals surface area contributed by atoms with E-state index in [0.717, 1.165) is 0 Å². The second kappa shape index (κ2) is 11.2. The maximum atomic E-state index is 15.3. The monoisotopic (exact) mass is 506 g/mol. The van der Waals surface area contributed by atoms with Gasteiger partial charge in [-0.3, -0.25) is 9.69 Å². The number of hydrogen-bond donors (Lipinski definition) is 4. The maximum Gasteiger partial charge on any atom is 0.391 e. The number of nitrogens with zero attached hydrogens (tertiary/aromatic N) is 4. The normalized spacial score (nSPS) is 28.0. The van der Waals surface area contributed by atoms with Crippen LogP contribution in [0.3, 0.4) is 0 Å². The Kier molecular flexibility index (Phi) is 8.76. The molecule has 1 amide bonds. The van der Waals surface area contributed by atoms with Gasteiger partial charge in [-0.2, -0.15) is 17.6 Å². The number of nitrogens with one attached hydrogen (secondary N) is 1. The van der Waals surface area contributed by atoms with Gasteiger partial charge in [-0.25, -0.2) is 9.97 Å². The lowest BCUT2D eigenvalue weighted by Gasteiger charge is -2.41. The Morgan fingerprint density at radius 2 is 2.00 bits per heavy atom. The van der Waals surface area contributed by atoms with Crippen molar-refractivity contribution >= 4 is 17.5 Å². The maximum absolute atomic E-state index is 15.3. The number of carbonyl (C=O) groups excluding carboxylic acids is 1. The molecule has 0 radical (unpaired) electrons. The quantitative estimate of drug-likeness (QED) is 0.371. The van der Waals surface area contributed by atoms with Gasteiger partial charge in [-0.1, -0.05) is 0 Å². The van der Waals surface area contributed by atoms with E-state index in [1.165, 1.54) is 6.33 Å². The molecule has 1 aliphatic carbocycles. The molecular weight excluding hydrogens is 472 g/mol. The van der Waals surface area contributed by atoms with E-state index in [-0.39, 0.29) is 56.5 Å². The van der Waals surface area contributed by atoms with Crippen LogP contribution in [0.1, 0.15) is 39.0 Å². The molecule has 0 unspecified atom stereocenters. The second-order valence-electron chi connectivity index (χ2n) is 9.58. The molecule has 13 heteroatoms. The highest BCUT2D eigenvalue weighted by atomic mass is 19.4. The van der Waals surface area contributed by atoms with Crippen molar-refractivity contribution in [3.05, 3.63) is 12.1 Å². The number of β-amino-alcohol motifs (C(OH)–C–C–N with tert-alkyl or cyclic N) is 1. The average Bonchev–Trinajstić information content (AvgIpc) is 2.79. The first-order chi connectivity index (χ1) is 16.4. The topological polar surface area (TPSA) is 128 Å². The minimum absolute atomic E-state index is 0.000713. The van der Waals surface area contributed by atoms with E-state index in [1.807, 2.05) is 6.92 Å². The molecule has 2 heterocycles. The molecule has 1 aromatic rings. The molecule has 9 nitrogen and oxygen atoms in total. The summed E-state index contributed by atoms with van der Waals surface area (Å²) in [5, 5.41) is 24.0. The number of carbonyl (C=O) groups is 1. The fourth-order valence-electron chi connectivity index (χ4n) is 4.88. The highest BCUT2D eigenvalue weighted by Crippen LogP contribution is 2.40. The zero-order chi connectivity index (χ0) is 25.8. The third-order valence-corrected chi connectivity index (χ3v) is 7.09. The van der Waals surface area contributed by atoms with Crippen molar-refractivity contribution < 1.29 is 32.6 Å². The van der Waals surface area contributed by atoms with Gasteiger partial charge in [0.2, 0.25) is 11.7 Å². The van der Waals surface area contributed by atoms with E-state index >= 15 is 4.39 Å². The molecule has 2 atom stereocenters. The van der Waals surface area contributed by atoms with Crippen molar-refractivity contribution in [3.8, 4) is 0 Å². The van der Waals surface area contributed by atoms with Gasteiger partial charge in [0, 0.05) is 32.7 Å². The summed E-state index contributed by atoms with van der Waals surface area (Å²) in [5.41, 5.74) is 3.62. The number of piperidine rings is 1.